The van der Waals surface area contributed by atoms with Gasteiger partial charge in [0.2, 0.25) is 0 Å². The first-order valence-electron chi connectivity index (χ1n) is 10.6. The van der Waals surface area contributed by atoms with Gasteiger partial charge in [0, 0.05) is 25.3 Å². The minimum Gasteiger partial charge on any atom is -0.334 e. The fraction of sp³-hybridized carbons (Fsp3) is 0.208. The van der Waals surface area contributed by atoms with E-state index in [1.54, 1.807) is 18.2 Å². The molecule has 0 unspecified atom stereocenters. The lowest BCUT2D eigenvalue weighted by Crippen LogP contribution is -2.28. The lowest BCUT2D eigenvalue weighted by Gasteiger charge is -2.23. The number of hydrogen-bond acceptors (Lipinski definition) is 5. The Morgan fingerprint density at radius 2 is 1.79 bits per heavy atom. The largest absolute Gasteiger partial charge is 0.334 e. The highest BCUT2D eigenvalue weighted by Gasteiger charge is 2.19. The number of fused-ring (bicyclic) bond motifs is 1. The van der Waals surface area contributed by atoms with Gasteiger partial charge < -0.3 is 15.8 Å². The van der Waals surface area contributed by atoms with Crippen molar-refractivity contribution in [1.29, 1.82) is 0 Å². The molecule has 0 spiro atoms. The summed E-state index contributed by atoms with van der Waals surface area (Å²) in [6.07, 6.45) is 0.729. The molecule has 2 amide bonds. The SMILES string of the molecule is O=C(NCc1cccc(Cl)c1Cl)Nc1ccc(S(=O)(=O)Cc2ccc3c(c2)CN(O)CC3)cc1. The van der Waals surface area contributed by atoms with E-state index in [4.69, 9.17) is 23.2 Å². The normalized spacial score (nSPS) is 13.9. The van der Waals surface area contributed by atoms with E-state index in [2.05, 4.69) is 10.6 Å². The zero-order valence-electron chi connectivity index (χ0n) is 18.1. The zero-order chi connectivity index (χ0) is 24.3. The molecule has 1 heterocycles. The van der Waals surface area contributed by atoms with Crippen molar-refractivity contribution in [3.05, 3.63) is 93.0 Å². The first kappa shape index (κ1) is 24.5. The summed E-state index contributed by atoms with van der Waals surface area (Å²) >= 11 is 12.1. The van der Waals surface area contributed by atoms with Crippen LogP contribution in [0.15, 0.2) is 65.6 Å². The van der Waals surface area contributed by atoms with Crippen LogP contribution in [0.3, 0.4) is 0 Å². The van der Waals surface area contributed by atoms with Crippen molar-refractivity contribution in [3.8, 4) is 0 Å². The number of sulfone groups is 1. The second-order valence-electron chi connectivity index (χ2n) is 8.05. The van der Waals surface area contributed by atoms with Gasteiger partial charge in [0.1, 0.15) is 0 Å². The number of carbonyl (C=O) groups excluding carboxylic acids is 1. The van der Waals surface area contributed by atoms with Crippen LogP contribution in [-0.2, 0) is 35.1 Å². The van der Waals surface area contributed by atoms with Crippen LogP contribution in [0.1, 0.15) is 22.3 Å². The fourth-order valence-corrected chi connectivity index (χ4v) is 5.49. The molecule has 7 nitrogen and oxygen atoms in total. The lowest BCUT2D eigenvalue weighted by atomic mass is 9.99. The number of hydrogen-bond donors (Lipinski definition) is 3. The lowest BCUT2D eigenvalue weighted by molar-refractivity contribution is -0.103. The van der Waals surface area contributed by atoms with Crippen molar-refractivity contribution in [3.63, 3.8) is 0 Å². The molecule has 3 aromatic carbocycles. The molecule has 0 fully saturated rings. The predicted octanol–water partition coefficient (Wildman–Crippen LogP) is 5.04. The smallest absolute Gasteiger partial charge is 0.319 e. The molecule has 178 valence electrons. The maximum absolute atomic E-state index is 12.9. The fourth-order valence-electron chi connectivity index (χ4n) is 3.77. The Balaban J connectivity index is 1.37. The predicted molar refractivity (Wildman–Crippen MR) is 132 cm³/mol. The Hall–Kier alpha value is -2.62. The van der Waals surface area contributed by atoms with Crippen molar-refractivity contribution >= 4 is 44.8 Å². The van der Waals surface area contributed by atoms with Gasteiger partial charge in [-0.05, 0) is 59.0 Å². The first-order chi connectivity index (χ1) is 16.2. The Labute approximate surface area is 208 Å². The number of nitrogens with one attached hydrogen (secondary N) is 2. The van der Waals surface area contributed by atoms with Crippen molar-refractivity contribution in [1.82, 2.24) is 10.4 Å². The first-order valence-corrected chi connectivity index (χ1v) is 13.0. The summed E-state index contributed by atoms with van der Waals surface area (Å²) in [5.74, 6) is -0.153. The van der Waals surface area contributed by atoms with Gasteiger partial charge in [-0.15, -0.1) is 0 Å². The topological polar surface area (TPSA) is 98.7 Å². The van der Waals surface area contributed by atoms with E-state index in [1.807, 2.05) is 18.2 Å². The molecule has 1 aliphatic rings. The van der Waals surface area contributed by atoms with Crippen molar-refractivity contribution < 1.29 is 18.4 Å². The summed E-state index contributed by atoms with van der Waals surface area (Å²) in [6, 6.07) is 16.3. The summed E-state index contributed by atoms with van der Waals surface area (Å²) in [6.45, 7) is 1.14. The number of rotatable bonds is 6. The van der Waals surface area contributed by atoms with E-state index >= 15 is 0 Å². The molecule has 10 heteroatoms. The molecule has 0 saturated heterocycles. The van der Waals surface area contributed by atoms with Gasteiger partial charge in [0.05, 0.1) is 20.7 Å². The highest BCUT2D eigenvalue weighted by molar-refractivity contribution is 7.90. The molecule has 0 atom stereocenters. The Kier molecular flexibility index (Phi) is 7.45. The minimum absolute atomic E-state index is 0.153. The number of carbonyl (C=O) groups is 1. The van der Waals surface area contributed by atoms with Crippen LogP contribution in [0.25, 0.3) is 0 Å². The maximum atomic E-state index is 12.9. The van der Waals surface area contributed by atoms with Gasteiger partial charge in [0.15, 0.2) is 9.84 Å². The third-order valence-electron chi connectivity index (χ3n) is 5.56. The summed E-state index contributed by atoms with van der Waals surface area (Å²) in [7, 11) is -3.59. The van der Waals surface area contributed by atoms with Gasteiger partial charge in [-0.3, -0.25) is 0 Å². The Morgan fingerprint density at radius 3 is 2.56 bits per heavy atom. The molecule has 3 N–H and O–H groups in total. The van der Waals surface area contributed by atoms with Crippen LogP contribution in [0.4, 0.5) is 10.5 Å². The van der Waals surface area contributed by atoms with E-state index in [1.165, 1.54) is 29.3 Å². The monoisotopic (exact) mass is 519 g/mol. The van der Waals surface area contributed by atoms with Gasteiger partial charge >= 0.3 is 6.03 Å². The zero-order valence-corrected chi connectivity index (χ0v) is 20.4. The molecule has 0 aromatic heterocycles. The van der Waals surface area contributed by atoms with Crippen molar-refractivity contribution in [2.24, 2.45) is 0 Å². The third-order valence-corrected chi connectivity index (χ3v) is 8.12. The quantitative estimate of drug-likeness (QED) is 0.423. The molecule has 0 saturated carbocycles. The molecule has 0 radical (unpaired) electrons. The molecule has 4 rings (SSSR count). The van der Waals surface area contributed by atoms with Crippen LogP contribution >= 0.6 is 23.2 Å². The van der Waals surface area contributed by atoms with Gasteiger partial charge in [-0.1, -0.05) is 53.5 Å². The summed E-state index contributed by atoms with van der Waals surface area (Å²) in [4.78, 5) is 12.4. The molecule has 3 aromatic rings. The number of nitrogens with zero attached hydrogens (tertiary/aromatic N) is 1. The van der Waals surface area contributed by atoms with Gasteiger partial charge in [0.25, 0.3) is 0 Å². The number of amides is 2. The average Bonchev–Trinajstić information content (AvgIpc) is 2.80. The van der Waals surface area contributed by atoms with Gasteiger partial charge in [-0.25, -0.2) is 13.2 Å². The number of halogens is 2. The van der Waals surface area contributed by atoms with Crippen molar-refractivity contribution in [2.75, 3.05) is 11.9 Å². The highest BCUT2D eigenvalue weighted by Crippen LogP contribution is 2.26. The number of anilines is 1. The van der Waals surface area contributed by atoms with Crippen LogP contribution in [0.2, 0.25) is 10.0 Å². The molecule has 0 aliphatic carbocycles. The summed E-state index contributed by atoms with van der Waals surface area (Å²) in [5, 5.41) is 17.1. The van der Waals surface area contributed by atoms with Crippen molar-refractivity contribution in [2.45, 2.75) is 30.2 Å². The van der Waals surface area contributed by atoms with Crippen LogP contribution in [0, 0.1) is 0 Å². The second-order valence-corrected chi connectivity index (χ2v) is 10.8. The average molecular weight is 520 g/mol. The maximum Gasteiger partial charge on any atom is 0.319 e. The third kappa shape index (κ3) is 5.89. The number of benzene rings is 3. The van der Waals surface area contributed by atoms with Gasteiger partial charge in [-0.2, -0.15) is 5.06 Å². The molecular weight excluding hydrogens is 497 g/mol. The molecular formula is C24H23Cl2N3O4S. The van der Waals surface area contributed by atoms with Crippen LogP contribution < -0.4 is 10.6 Å². The number of hydroxylamine groups is 2. The van der Waals surface area contributed by atoms with E-state index < -0.39 is 15.9 Å². The van der Waals surface area contributed by atoms with E-state index in [0.717, 1.165) is 17.5 Å². The Morgan fingerprint density at radius 1 is 1.03 bits per heavy atom. The second kappa shape index (κ2) is 10.3. The van der Waals surface area contributed by atoms with E-state index in [-0.39, 0.29) is 17.2 Å². The minimum atomic E-state index is -3.59. The molecule has 0 bridgehead atoms. The van der Waals surface area contributed by atoms with E-state index in [9.17, 15) is 18.4 Å². The summed E-state index contributed by atoms with van der Waals surface area (Å²) in [5.41, 5.74) is 3.85. The molecule has 34 heavy (non-hydrogen) atoms. The van der Waals surface area contributed by atoms with Crippen LogP contribution in [0.5, 0.6) is 0 Å². The summed E-state index contributed by atoms with van der Waals surface area (Å²) < 4.78 is 25.8. The number of urea groups is 1. The van der Waals surface area contributed by atoms with E-state index in [0.29, 0.717) is 39.9 Å². The Bertz CT molecular complexity index is 1310. The highest BCUT2D eigenvalue weighted by atomic mass is 35.5. The van der Waals surface area contributed by atoms with Crippen LogP contribution in [-0.4, -0.2) is 31.3 Å². The standard InChI is InChI=1S/C24H23Cl2N3O4S/c25-22-3-1-2-18(23(22)26)13-27-24(30)28-20-6-8-21(9-7-20)34(32,33)15-16-4-5-17-10-11-29(31)14-19(17)12-16/h1-9,12,31H,10-11,13-15H2,(H2,27,28,30). The molecule has 1 aliphatic heterocycles.